The van der Waals surface area contributed by atoms with Crippen molar-refractivity contribution in [1.82, 2.24) is 15.1 Å². The van der Waals surface area contributed by atoms with Crippen molar-refractivity contribution in [3.8, 4) is 0 Å². The number of carbonyl (C=O) groups excluding carboxylic acids is 2. The number of hydrogen-bond donors (Lipinski definition) is 1. The molecule has 1 aliphatic heterocycles. The molecule has 0 saturated carbocycles. The molecule has 5 heteroatoms. The van der Waals surface area contributed by atoms with Crippen molar-refractivity contribution in [2.24, 2.45) is 5.92 Å². The number of nitrogens with zero attached hydrogens (tertiary/aromatic N) is 2. The first kappa shape index (κ1) is 15.0. The summed E-state index contributed by atoms with van der Waals surface area (Å²) >= 11 is 0. The molecule has 0 aromatic heterocycles. The van der Waals surface area contributed by atoms with E-state index in [1.165, 1.54) is 0 Å². The predicted molar refractivity (Wildman–Crippen MR) is 71.2 cm³/mol. The van der Waals surface area contributed by atoms with Gasteiger partial charge in [-0.3, -0.25) is 14.5 Å². The zero-order valence-corrected chi connectivity index (χ0v) is 11.7. The van der Waals surface area contributed by atoms with Crippen LogP contribution in [0.2, 0.25) is 0 Å². The van der Waals surface area contributed by atoms with Gasteiger partial charge in [0.1, 0.15) is 0 Å². The van der Waals surface area contributed by atoms with Crippen LogP contribution in [0.25, 0.3) is 0 Å². The molecule has 1 aliphatic rings. The van der Waals surface area contributed by atoms with Gasteiger partial charge in [0, 0.05) is 39.1 Å². The topological polar surface area (TPSA) is 52.7 Å². The van der Waals surface area contributed by atoms with E-state index in [9.17, 15) is 9.59 Å². The van der Waals surface area contributed by atoms with E-state index >= 15 is 0 Å². The molecule has 0 unspecified atom stereocenters. The zero-order chi connectivity index (χ0) is 13.5. The fourth-order valence-electron chi connectivity index (χ4n) is 1.96. The van der Waals surface area contributed by atoms with Gasteiger partial charge in [0.2, 0.25) is 11.8 Å². The van der Waals surface area contributed by atoms with Crippen LogP contribution < -0.4 is 5.32 Å². The molecular formula is C13H25N3O2. The van der Waals surface area contributed by atoms with Gasteiger partial charge in [0.15, 0.2) is 0 Å². The third-order valence-electron chi connectivity index (χ3n) is 3.10. The maximum Gasteiger partial charge on any atom is 0.234 e. The van der Waals surface area contributed by atoms with E-state index in [1.54, 1.807) is 0 Å². The van der Waals surface area contributed by atoms with Crippen molar-refractivity contribution in [1.29, 1.82) is 0 Å². The third kappa shape index (κ3) is 5.04. The standard InChI is InChI=1S/C13H25N3O2/c1-4-13(18)16-7-5-15(6-8-16)10-12(17)14-9-11(2)3/h11H,4-10H2,1-3H3,(H,14,17). The molecule has 0 aromatic rings. The lowest BCUT2D eigenvalue weighted by molar-refractivity contribution is -0.132. The highest BCUT2D eigenvalue weighted by Gasteiger charge is 2.21. The lowest BCUT2D eigenvalue weighted by atomic mass is 10.2. The third-order valence-corrected chi connectivity index (χ3v) is 3.10. The fourth-order valence-corrected chi connectivity index (χ4v) is 1.96. The highest BCUT2D eigenvalue weighted by Crippen LogP contribution is 2.03. The monoisotopic (exact) mass is 255 g/mol. The molecule has 0 atom stereocenters. The van der Waals surface area contributed by atoms with Crippen molar-refractivity contribution in [3.63, 3.8) is 0 Å². The molecule has 1 heterocycles. The summed E-state index contributed by atoms with van der Waals surface area (Å²) in [5.74, 6) is 0.769. The van der Waals surface area contributed by atoms with Crippen LogP contribution in [-0.2, 0) is 9.59 Å². The van der Waals surface area contributed by atoms with E-state index in [1.807, 2.05) is 11.8 Å². The molecule has 104 valence electrons. The molecule has 1 saturated heterocycles. The van der Waals surface area contributed by atoms with Crippen LogP contribution in [0.15, 0.2) is 0 Å². The van der Waals surface area contributed by atoms with Gasteiger partial charge >= 0.3 is 0 Å². The summed E-state index contributed by atoms with van der Waals surface area (Å²) in [5, 5.41) is 2.91. The van der Waals surface area contributed by atoms with E-state index in [-0.39, 0.29) is 11.8 Å². The Morgan fingerprint density at radius 2 is 1.78 bits per heavy atom. The van der Waals surface area contributed by atoms with Gasteiger partial charge in [0.05, 0.1) is 6.54 Å². The predicted octanol–water partition coefficient (Wildman–Crippen LogP) is 0.313. The van der Waals surface area contributed by atoms with Crippen molar-refractivity contribution in [3.05, 3.63) is 0 Å². The second-order valence-electron chi connectivity index (χ2n) is 5.21. The summed E-state index contributed by atoms with van der Waals surface area (Å²) in [7, 11) is 0. The minimum absolute atomic E-state index is 0.0824. The van der Waals surface area contributed by atoms with Gasteiger partial charge in [-0.2, -0.15) is 0 Å². The zero-order valence-electron chi connectivity index (χ0n) is 11.7. The number of amides is 2. The highest BCUT2D eigenvalue weighted by atomic mass is 16.2. The van der Waals surface area contributed by atoms with Crippen LogP contribution in [0.4, 0.5) is 0 Å². The lowest BCUT2D eigenvalue weighted by Crippen LogP contribution is -2.51. The Morgan fingerprint density at radius 3 is 2.28 bits per heavy atom. The number of nitrogens with one attached hydrogen (secondary N) is 1. The normalized spacial score (nSPS) is 17.0. The molecular weight excluding hydrogens is 230 g/mol. The Balaban J connectivity index is 2.23. The maximum atomic E-state index is 11.7. The number of piperazine rings is 1. The van der Waals surface area contributed by atoms with Gasteiger partial charge in [0.25, 0.3) is 0 Å². The molecule has 1 N–H and O–H groups in total. The SMILES string of the molecule is CCC(=O)N1CCN(CC(=O)NCC(C)C)CC1. The molecule has 18 heavy (non-hydrogen) atoms. The first-order valence-electron chi connectivity index (χ1n) is 6.79. The summed E-state index contributed by atoms with van der Waals surface area (Å²) in [5.41, 5.74) is 0. The second-order valence-corrected chi connectivity index (χ2v) is 5.21. The summed E-state index contributed by atoms with van der Waals surface area (Å²) < 4.78 is 0. The Hall–Kier alpha value is -1.10. The number of hydrogen-bond acceptors (Lipinski definition) is 3. The summed E-state index contributed by atoms with van der Waals surface area (Å²) in [4.78, 5) is 27.1. The average molecular weight is 255 g/mol. The molecule has 0 radical (unpaired) electrons. The van der Waals surface area contributed by atoms with Gasteiger partial charge in [-0.1, -0.05) is 20.8 Å². The summed E-state index contributed by atoms with van der Waals surface area (Å²) in [6.45, 7) is 10.3. The molecule has 1 rings (SSSR count). The average Bonchev–Trinajstić information content (AvgIpc) is 2.36. The minimum Gasteiger partial charge on any atom is -0.355 e. The van der Waals surface area contributed by atoms with Crippen LogP contribution in [0.3, 0.4) is 0 Å². The molecule has 1 fully saturated rings. The van der Waals surface area contributed by atoms with Gasteiger partial charge in [-0.15, -0.1) is 0 Å². The van der Waals surface area contributed by atoms with Crippen LogP contribution in [0, 0.1) is 5.92 Å². The van der Waals surface area contributed by atoms with E-state index in [4.69, 9.17) is 0 Å². The highest BCUT2D eigenvalue weighted by molar-refractivity contribution is 5.78. The Bertz CT molecular complexity index is 284. The van der Waals surface area contributed by atoms with Crippen LogP contribution in [0.1, 0.15) is 27.2 Å². The summed E-state index contributed by atoms with van der Waals surface area (Å²) in [6, 6.07) is 0. The molecule has 0 spiro atoms. The molecule has 0 aliphatic carbocycles. The van der Waals surface area contributed by atoms with Crippen molar-refractivity contribution in [2.45, 2.75) is 27.2 Å². The van der Waals surface area contributed by atoms with Crippen LogP contribution >= 0.6 is 0 Å². The van der Waals surface area contributed by atoms with Gasteiger partial charge in [-0.05, 0) is 5.92 Å². The quantitative estimate of drug-likeness (QED) is 0.769. The van der Waals surface area contributed by atoms with Crippen molar-refractivity contribution >= 4 is 11.8 Å². The molecule has 5 nitrogen and oxygen atoms in total. The van der Waals surface area contributed by atoms with E-state index in [0.29, 0.717) is 18.9 Å². The van der Waals surface area contributed by atoms with Crippen molar-refractivity contribution in [2.75, 3.05) is 39.3 Å². The number of carbonyl (C=O) groups is 2. The first-order chi connectivity index (χ1) is 8.52. The van der Waals surface area contributed by atoms with Crippen LogP contribution in [-0.4, -0.2) is 60.9 Å². The molecule has 0 aromatic carbocycles. The Morgan fingerprint density at radius 1 is 1.17 bits per heavy atom. The van der Waals surface area contributed by atoms with Gasteiger partial charge < -0.3 is 10.2 Å². The maximum absolute atomic E-state index is 11.7. The Labute approximate surface area is 110 Å². The van der Waals surface area contributed by atoms with Crippen LogP contribution in [0.5, 0.6) is 0 Å². The summed E-state index contributed by atoms with van der Waals surface area (Å²) in [6.07, 6.45) is 0.564. The minimum atomic E-state index is 0.0824. The number of rotatable bonds is 5. The van der Waals surface area contributed by atoms with E-state index in [0.717, 1.165) is 32.7 Å². The largest absolute Gasteiger partial charge is 0.355 e. The van der Waals surface area contributed by atoms with E-state index < -0.39 is 0 Å². The smallest absolute Gasteiger partial charge is 0.234 e. The van der Waals surface area contributed by atoms with Gasteiger partial charge in [-0.25, -0.2) is 0 Å². The lowest BCUT2D eigenvalue weighted by Gasteiger charge is -2.34. The molecule has 2 amide bonds. The fraction of sp³-hybridized carbons (Fsp3) is 0.846. The first-order valence-corrected chi connectivity index (χ1v) is 6.79. The molecule has 0 bridgehead atoms. The second kappa shape index (κ2) is 7.36. The van der Waals surface area contributed by atoms with Crippen molar-refractivity contribution < 1.29 is 9.59 Å². The Kier molecular flexibility index (Phi) is 6.12. The van der Waals surface area contributed by atoms with E-state index in [2.05, 4.69) is 24.1 Å².